The molecule has 6 heteroatoms. The fraction of sp³-hybridized carbons (Fsp3) is 0.231. The monoisotopic (exact) mass is 264 g/mol. The number of benzene rings is 1. The number of carbonyl (C=O) groups is 1. The summed E-state index contributed by atoms with van der Waals surface area (Å²) in [5, 5.41) is 9.35. The average molecular weight is 264 g/mol. The number of aromatic carboxylic acids is 1. The Morgan fingerprint density at radius 2 is 2.11 bits per heavy atom. The second-order valence-corrected chi connectivity index (χ2v) is 3.79. The van der Waals surface area contributed by atoms with E-state index >= 15 is 0 Å². The van der Waals surface area contributed by atoms with Crippen LogP contribution >= 0.6 is 0 Å². The standard InChI is InChI=1S/C13H12O6/c1-17-4-5-18-9-3-2-8-6-10(12(14)15)13(16)19-11(8)7-9/h2-3,6-7H,4-5H2,1H3,(H,14,15). The van der Waals surface area contributed by atoms with Crippen molar-refractivity contribution in [1.82, 2.24) is 0 Å². The highest BCUT2D eigenvalue weighted by Gasteiger charge is 2.12. The van der Waals surface area contributed by atoms with Crippen LogP contribution in [0.25, 0.3) is 11.0 Å². The highest BCUT2D eigenvalue weighted by atomic mass is 16.5. The van der Waals surface area contributed by atoms with Gasteiger partial charge in [-0.25, -0.2) is 9.59 Å². The lowest BCUT2D eigenvalue weighted by molar-refractivity contribution is 0.0692. The van der Waals surface area contributed by atoms with Gasteiger partial charge in [-0.2, -0.15) is 0 Å². The molecule has 0 spiro atoms. The number of rotatable bonds is 5. The van der Waals surface area contributed by atoms with Crippen LogP contribution in [0.3, 0.4) is 0 Å². The summed E-state index contributed by atoms with van der Waals surface area (Å²) in [5.74, 6) is -0.785. The van der Waals surface area contributed by atoms with Crippen LogP contribution in [0, 0.1) is 0 Å². The van der Waals surface area contributed by atoms with Crippen molar-refractivity contribution in [1.29, 1.82) is 0 Å². The van der Waals surface area contributed by atoms with E-state index in [1.165, 1.54) is 12.1 Å². The molecule has 1 aromatic carbocycles. The predicted molar refractivity (Wildman–Crippen MR) is 66.8 cm³/mol. The molecule has 2 rings (SSSR count). The van der Waals surface area contributed by atoms with E-state index < -0.39 is 11.6 Å². The van der Waals surface area contributed by atoms with Gasteiger partial charge in [0, 0.05) is 18.6 Å². The third-order valence-electron chi connectivity index (χ3n) is 2.49. The number of ether oxygens (including phenoxy) is 2. The Balaban J connectivity index is 2.36. The summed E-state index contributed by atoms with van der Waals surface area (Å²) >= 11 is 0. The molecule has 0 aliphatic rings. The first kappa shape index (κ1) is 13.1. The van der Waals surface area contributed by atoms with Gasteiger partial charge in [-0.15, -0.1) is 0 Å². The molecule has 19 heavy (non-hydrogen) atoms. The van der Waals surface area contributed by atoms with Gasteiger partial charge in [0.2, 0.25) is 0 Å². The Morgan fingerprint density at radius 1 is 1.32 bits per heavy atom. The Morgan fingerprint density at radius 3 is 2.79 bits per heavy atom. The summed E-state index contributed by atoms with van der Waals surface area (Å²) in [7, 11) is 1.57. The Bertz CT molecular complexity index is 658. The number of fused-ring (bicyclic) bond motifs is 1. The molecule has 0 saturated carbocycles. The lowest BCUT2D eigenvalue weighted by Gasteiger charge is -2.06. The van der Waals surface area contributed by atoms with Crippen molar-refractivity contribution < 1.29 is 23.8 Å². The molecule has 1 aromatic heterocycles. The minimum absolute atomic E-state index is 0.282. The summed E-state index contributed by atoms with van der Waals surface area (Å²) in [6, 6.07) is 6.12. The number of hydrogen-bond donors (Lipinski definition) is 1. The van der Waals surface area contributed by atoms with Crippen LogP contribution in [-0.4, -0.2) is 31.4 Å². The summed E-state index contributed by atoms with van der Waals surface area (Å²) in [4.78, 5) is 22.2. The minimum atomic E-state index is -1.31. The maximum absolute atomic E-state index is 11.4. The van der Waals surface area contributed by atoms with Gasteiger partial charge in [0.1, 0.15) is 23.5 Å². The SMILES string of the molecule is COCCOc1ccc2cc(C(=O)O)c(=O)oc2c1. The summed E-state index contributed by atoms with van der Waals surface area (Å²) in [6.07, 6.45) is 0. The topological polar surface area (TPSA) is 86.0 Å². The molecule has 100 valence electrons. The van der Waals surface area contributed by atoms with Crippen LogP contribution in [0.5, 0.6) is 5.75 Å². The summed E-state index contributed by atoms with van der Waals surface area (Å²) in [6.45, 7) is 0.819. The van der Waals surface area contributed by atoms with Crippen molar-refractivity contribution in [3.05, 3.63) is 40.2 Å². The molecule has 0 aliphatic heterocycles. The Kier molecular flexibility index (Phi) is 3.82. The number of methoxy groups -OCH3 is 1. The van der Waals surface area contributed by atoms with Gasteiger partial charge in [0.05, 0.1) is 6.61 Å². The molecular formula is C13H12O6. The van der Waals surface area contributed by atoms with Gasteiger partial charge in [-0.3, -0.25) is 0 Å². The first-order chi connectivity index (χ1) is 9.11. The van der Waals surface area contributed by atoms with E-state index in [1.807, 2.05) is 0 Å². The van der Waals surface area contributed by atoms with Crippen LogP contribution in [0.2, 0.25) is 0 Å². The lowest BCUT2D eigenvalue weighted by Crippen LogP contribution is -2.12. The minimum Gasteiger partial charge on any atom is -0.491 e. The van der Waals surface area contributed by atoms with Crippen LogP contribution < -0.4 is 10.4 Å². The maximum atomic E-state index is 11.4. The lowest BCUT2D eigenvalue weighted by atomic mass is 10.2. The molecule has 0 atom stereocenters. The van der Waals surface area contributed by atoms with Crippen molar-refractivity contribution in [3.8, 4) is 5.75 Å². The molecule has 0 unspecified atom stereocenters. The van der Waals surface area contributed by atoms with E-state index in [9.17, 15) is 9.59 Å². The van der Waals surface area contributed by atoms with Gasteiger partial charge in [-0.1, -0.05) is 0 Å². The zero-order valence-corrected chi connectivity index (χ0v) is 10.2. The smallest absolute Gasteiger partial charge is 0.351 e. The quantitative estimate of drug-likeness (QED) is 0.650. The van der Waals surface area contributed by atoms with E-state index in [0.717, 1.165) is 0 Å². The van der Waals surface area contributed by atoms with Crippen LogP contribution in [-0.2, 0) is 4.74 Å². The predicted octanol–water partition coefficient (Wildman–Crippen LogP) is 1.52. The molecule has 1 heterocycles. The maximum Gasteiger partial charge on any atom is 0.351 e. The molecular weight excluding hydrogens is 252 g/mol. The molecule has 0 amide bonds. The number of hydrogen-bond acceptors (Lipinski definition) is 5. The van der Waals surface area contributed by atoms with Crippen LogP contribution in [0.1, 0.15) is 10.4 Å². The molecule has 0 fully saturated rings. The zero-order valence-electron chi connectivity index (χ0n) is 10.2. The van der Waals surface area contributed by atoms with Crippen LogP contribution in [0.4, 0.5) is 0 Å². The Hall–Kier alpha value is -2.34. The van der Waals surface area contributed by atoms with E-state index in [1.54, 1.807) is 19.2 Å². The molecule has 2 aromatic rings. The van der Waals surface area contributed by atoms with E-state index in [0.29, 0.717) is 24.3 Å². The van der Waals surface area contributed by atoms with Gasteiger partial charge in [0.25, 0.3) is 0 Å². The molecule has 1 N–H and O–H groups in total. The van der Waals surface area contributed by atoms with Gasteiger partial charge < -0.3 is 19.0 Å². The fourth-order valence-corrected chi connectivity index (χ4v) is 1.57. The summed E-state index contributed by atoms with van der Waals surface area (Å²) < 4.78 is 15.2. The fourth-order valence-electron chi connectivity index (χ4n) is 1.57. The zero-order chi connectivity index (χ0) is 13.8. The van der Waals surface area contributed by atoms with Crippen molar-refractivity contribution in [2.24, 2.45) is 0 Å². The molecule has 0 radical (unpaired) electrons. The molecule has 0 aliphatic carbocycles. The third-order valence-corrected chi connectivity index (χ3v) is 2.49. The number of carboxylic acids is 1. The molecule has 6 nitrogen and oxygen atoms in total. The van der Waals surface area contributed by atoms with E-state index in [4.69, 9.17) is 19.0 Å². The van der Waals surface area contributed by atoms with Crippen molar-refractivity contribution >= 4 is 16.9 Å². The number of carboxylic acid groups (broad SMARTS) is 1. The highest BCUT2D eigenvalue weighted by molar-refractivity contribution is 5.91. The molecule has 0 bridgehead atoms. The first-order valence-electron chi connectivity index (χ1n) is 5.55. The third kappa shape index (κ3) is 2.92. The first-order valence-corrected chi connectivity index (χ1v) is 5.55. The Labute approximate surface area is 108 Å². The largest absolute Gasteiger partial charge is 0.491 e. The van der Waals surface area contributed by atoms with Crippen molar-refractivity contribution in [3.63, 3.8) is 0 Å². The second-order valence-electron chi connectivity index (χ2n) is 3.79. The van der Waals surface area contributed by atoms with Crippen LogP contribution in [0.15, 0.2) is 33.5 Å². The van der Waals surface area contributed by atoms with Gasteiger partial charge in [-0.05, 0) is 18.2 Å². The highest BCUT2D eigenvalue weighted by Crippen LogP contribution is 2.20. The van der Waals surface area contributed by atoms with Gasteiger partial charge in [0.15, 0.2) is 0 Å². The van der Waals surface area contributed by atoms with E-state index in [-0.39, 0.29) is 11.1 Å². The van der Waals surface area contributed by atoms with Crippen molar-refractivity contribution in [2.45, 2.75) is 0 Å². The molecule has 0 saturated heterocycles. The van der Waals surface area contributed by atoms with Gasteiger partial charge >= 0.3 is 11.6 Å². The normalized spacial score (nSPS) is 10.6. The van der Waals surface area contributed by atoms with Crippen molar-refractivity contribution in [2.75, 3.05) is 20.3 Å². The summed E-state index contributed by atoms with van der Waals surface area (Å²) in [5.41, 5.74) is -0.987. The second kappa shape index (κ2) is 5.53. The van der Waals surface area contributed by atoms with E-state index in [2.05, 4.69) is 0 Å². The average Bonchev–Trinajstić information content (AvgIpc) is 2.37.